The van der Waals surface area contributed by atoms with E-state index in [9.17, 15) is 0 Å². The normalized spacial score (nSPS) is 14.7. The summed E-state index contributed by atoms with van der Waals surface area (Å²) in [6.07, 6.45) is 1.84. The second kappa shape index (κ2) is 8.16. The molecule has 0 bridgehead atoms. The zero-order valence-electron chi connectivity index (χ0n) is 17.4. The Morgan fingerprint density at radius 2 is 1.77 bits per heavy atom. The first kappa shape index (κ1) is 19.2. The number of nitrogens with zero attached hydrogens (tertiary/aromatic N) is 5. The van der Waals surface area contributed by atoms with Crippen LogP contribution in [0.25, 0.3) is 5.65 Å². The first-order valence-corrected chi connectivity index (χ1v) is 10.3. The molecule has 0 aliphatic carbocycles. The maximum atomic E-state index is 5.99. The highest BCUT2D eigenvalue weighted by atomic mass is 16.5. The van der Waals surface area contributed by atoms with Gasteiger partial charge in [0.05, 0.1) is 0 Å². The van der Waals surface area contributed by atoms with Crippen LogP contribution in [-0.4, -0.2) is 52.7 Å². The third kappa shape index (κ3) is 4.24. The number of nitrogen functional groups attached to an aromatic ring is 1. The van der Waals surface area contributed by atoms with Crippen LogP contribution >= 0.6 is 0 Å². The summed E-state index contributed by atoms with van der Waals surface area (Å²) in [4.78, 5) is 9.38. The largest absolute Gasteiger partial charge is 0.453 e. The SMILES string of the molecule is CN1CCN(c2ccc(Nc3nc4c(Oc5cccc(N)c5)cccn4n3)cc2)CC1. The minimum Gasteiger partial charge on any atom is -0.453 e. The molecule has 5 rings (SSSR count). The van der Waals surface area contributed by atoms with E-state index >= 15 is 0 Å². The van der Waals surface area contributed by atoms with Crippen LogP contribution in [0.5, 0.6) is 11.5 Å². The monoisotopic (exact) mass is 415 g/mol. The molecule has 0 amide bonds. The van der Waals surface area contributed by atoms with Gasteiger partial charge in [0.1, 0.15) is 5.75 Å². The van der Waals surface area contributed by atoms with Crippen molar-refractivity contribution in [3.05, 3.63) is 66.9 Å². The summed E-state index contributed by atoms with van der Waals surface area (Å²) >= 11 is 0. The number of anilines is 4. The summed E-state index contributed by atoms with van der Waals surface area (Å²) in [6.45, 7) is 4.27. The molecule has 2 aromatic heterocycles. The van der Waals surface area contributed by atoms with Gasteiger partial charge in [-0.15, -0.1) is 5.10 Å². The van der Waals surface area contributed by atoms with Crippen LogP contribution in [0.15, 0.2) is 66.9 Å². The van der Waals surface area contributed by atoms with Gasteiger partial charge in [0.2, 0.25) is 5.95 Å². The van der Waals surface area contributed by atoms with Crippen molar-refractivity contribution < 1.29 is 4.74 Å². The van der Waals surface area contributed by atoms with Crippen LogP contribution in [0.2, 0.25) is 0 Å². The number of hydrogen-bond acceptors (Lipinski definition) is 7. The zero-order chi connectivity index (χ0) is 21.2. The average Bonchev–Trinajstić information content (AvgIpc) is 3.19. The highest BCUT2D eigenvalue weighted by Gasteiger charge is 2.14. The van der Waals surface area contributed by atoms with Gasteiger partial charge in [-0.05, 0) is 55.6 Å². The van der Waals surface area contributed by atoms with Crippen molar-refractivity contribution in [2.75, 3.05) is 49.2 Å². The predicted octanol–water partition coefficient (Wildman–Crippen LogP) is 3.60. The minimum atomic E-state index is 0.510. The molecular formula is C23H25N7O. The highest BCUT2D eigenvalue weighted by molar-refractivity contribution is 5.63. The second-order valence-electron chi connectivity index (χ2n) is 7.71. The average molecular weight is 416 g/mol. The molecule has 0 radical (unpaired) electrons. The maximum absolute atomic E-state index is 5.99. The second-order valence-corrected chi connectivity index (χ2v) is 7.71. The molecule has 8 nitrogen and oxygen atoms in total. The van der Waals surface area contributed by atoms with Gasteiger partial charge >= 0.3 is 0 Å². The first-order valence-electron chi connectivity index (χ1n) is 10.3. The van der Waals surface area contributed by atoms with E-state index < -0.39 is 0 Å². The lowest BCUT2D eigenvalue weighted by molar-refractivity contribution is 0.313. The van der Waals surface area contributed by atoms with Gasteiger partial charge in [0.25, 0.3) is 0 Å². The molecule has 3 N–H and O–H groups in total. The van der Waals surface area contributed by atoms with Crippen molar-refractivity contribution >= 4 is 28.7 Å². The molecule has 158 valence electrons. The third-order valence-corrected chi connectivity index (χ3v) is 5.40. The number of aromatic nitrogens is 3. The molecule has 1 saturated heterocycles. The van der Waals surface area contributed by atoms with Crippen LogP contribution in [0.3, 0.4) is 0 Å². The predicted molar refractivity (Wildman–Crippen MR) is 123 cm³/mol. The Morgan fingerprint density at radius 1 is 0.968 bits per heavy atom. The molecule has 2 aromatic carbocycles. The fraction of sp³-hybridized carbons (Fsp3) is 0.217. The van der Waals surface area contributed by atoms with Crippen LogP contribution in [0.4, 0.5) is 23.0 Å². The van der Waals surface area contributed by atoms with Crippen LogP contribution in [0.1, 0.15) is 0 Å². The van der Waals surface area contributed by atoms with Crippen molar-refractivity contribution in [1.82, 2.24) is 19.5 Å². The van der Waals surface area contributed by atoms with Crippen molar-refractivity contribution in [2.24, 2.45) is 0 Å². The van der Waals surface area contributed by atoms with E-state index in [0.29, 0.717) is 28.8 Å². The third-order valence-electron chi connectivity index (χ3n) is 5.40. The highest BCUT2D eigenvalue weighted by Crippen LogP contribution is 2.27. The minimum absolute atomic E-state index is 0.510. The molecule has 1 aliphatic heterocycles. The smallest absolute Gasteiger partial charge is 0.247 e. The van der Waals surface area contributed by atoms with E-state index in [-0.39, 0.29) is 0 Å². The number of ether oxygens (including phenoxy) is 1. The van der Waals surface area contributed by atoms with E-state index in [1.807, 2.05) is 36.5 Å². The standard InChI is InChI=1S/C23H25N7O/c1-28-12-14-29(15-13-28)19-9-7-18(8-10-19)25-23-26-22-21(6-3-11-30(22)27-23)31-20-5-2-4-17(24)16-20/h2-11,16H,12-15,24H2,1H3,(H,25,27). The summed E-state index contributed by atoms with van der Waals surface area (Å²) in [5.41, 5.74) is 9.30. The lowest BCUT2D eigenvalue weighted by atomic mass is 10.2. The molecule has 0 atom stereocenters. The maximum Gasteiger partial charge on any atom is 0.247 e. The van der Waals surface area contributed by atoms with E-state index in [4.69, 9.17) is 10.5 Å². The molecular weight excluding hydrogens is 390 g/mol. The van der Waals surface area contributed by atoms with Gasteiger partial charge in [0.15, 0.2) is 11.4 Å². The molecule has 3 heterocycles. The van der Waals surface area contributed by atoms with E-state index in [1.165, 1.54) is 5.69 Å². The first-order chi connectivity index (χ1) is 15.1. The number of pyridine rings is 1. The Hall–Kier alpha value is -3.78. The molecule has 0 saturated carbocycles. The Balaban J connectivity index is 1.33. The molecule has 4 aromatic rings. The van der Waals surface area contributed by atoms with Crippen molar-refractivity contribution in [3.63, 3.8) is 0 Å². The molecule has 0 spiro atoms. The Labute approximate surface area is 180 Å². The number of likely N-dealkylation sites (N-methyl/N-ethyl adjacent to an activating group) is 1. The van der Waals surface area contributed by atoms with Crippen LogP contribution in [0, 0.1) is 0 Å². The number of hydrogen-bond donors (Lipinski definition) is 2. The number of benzene rings is 2. The van der Waals surface area contributed by atoms with Gasteiger partial charge in [-0.1, -0.05) is 6.07 Å². The van der Waals surface area contributed by atoms with Gasteiger partial charge in [0, 0.05) is 55.5 Å². The van der Waals surface area contributed by atoms with Crippen molar-refractivity contribution in [2.45, 2.75) is 0 Å². The number of rotatable bonds is 5. The van der Waals surface area contributed by atoms with Crippen molar-refractivity contribution in [3.8, 4) is 11.5 Å². The lowest BCUT2D eigenvalue weighted by Gasteiger charge is -2.34. The van der Waals surface area contributed by atoms with Gasteiger partial charge in [-0.3, -0.25) is 0 Å². The summed E-state index contributed by atoms with van der Waals surface area (Å²) in [5.74, 6) is 1.78. The molecule has 31 heavy (non-hydrogen) atoms. The summed E-state index contributed by atoms with van der Waals surface area (Å²) < 4.78 is 7.68. The topological polar surface area (TPSA) is 83.9 Å². The molecule has 8 heteroatoms. The van der Waals surface area contributed by atoms with E-state index in [2.05, 4.69) is 56.5 Å². The fourth-order valence-corrected chi connectivity index (χ4v) is 3.67. The Bertz CT molecular complexity index is 1180. The Morgan fingerprint density at radius 3 is 2.55 bits per heavy atom. The van der Waals surface area contributed by atoms with Gasteiger partial charge in [-0.2, -0.15) is 4.98 Å². The van der Waals surface area contributed by atoms with E-state index in [0.717, 1.165) is 31.9 Å². The van der Waals surface area contributed by atoms with E-state index in [1.54, 1.807) is 10.6 Å². The van der Waals surface area contributed by atoms with Gasteiger partial charge in [-0.25, -0.2) is 4.52 Å². The van der Waals surface area contributed by atoms with Gasteiger partial charge < -0.3 is 25.6 Å². The summed E-state index contributed by atoms with van der Waals surface area (Å²) in [7, 11) is 2.16. The summed E-state index contributed by atoms with van der Waals surface area (Å²) in [5, 5.41) is 7.81. The Kier molecular flexibility index (Phi) is 5.05. The molecule has 0 unspecified atom stereocenters. The van der Waals surface area contributed by atoms with Crippen LogP contribution < -0.4 is 20.7 Å². The van der Waals surface area contributed by atoms with Crippen LogP contribution in [-0.2, 0) is 0 Å². The lowest BCUT2D eigenvalue weighted by Crippen LogP contribution is -2.44. The molecule has 1 fully saturated rings. The number of nitrogens with one attached hydrogen (secondary N) is 1. The number of piperazine rings is 1. The quantitative estimate of drug-likeness (QED) is 0.482. The van der Waals surface area contributed by atoms with Crippen molar-refractivity contribution in [1.29, 1.82) is 0 Å². The summed E-state index contributed by atoms with van der Waals surface area (Å²) in [6, 6.07) is 19.4. The number of nitrogens with two attached hydrogens (primary N) is 1. The number of fused-ring (bicyclic) bond motifs is 1. The molecule has 1 aliphatic rings. The zero-order valence-corrected chi connectivity index (χ0v) is 17.4. The fourth-order valence-electron chi connectivity index (χ4n) is 3.67.